The Bertz CT molecular complexity index is 323. The fourth-order valence-corrected chi connectivity index (χ4v) is 3.79. The minimum Gasteiger partial charge on any atom is -0.339 e. The van der Waals surface area contributed by atoms with E-state index in [0.29, 0.717) is 17.9 Å². The highest BCUT2D eigenvalue weighted by Gasteiger charge is 2.46. The van der Waals surface area contributed by atoms with Crippen LogP contribution in [-0.4, -0.2) is 29.4 Å². The average molecular weight is 266 g/mol. The summed E-state index contributed by atoms with van der Waals surface area (Å²) in [4.78, 5) is 15.2. The molecule has 0 aromatic heterocycles. The van der Waals surface area contributed by atoms with Gasteiger partial charge >= 0.3 is 0 Å². The summed E-state index contributed by atoms with van der Waals surface area (Å²) in [6.45, 7) is 7.39. The predicted molar refractivity (Wildman–Crippen MR) is 78.7 cm³/mol. The zero-order valence-corrected chi connectivity index (χ0v) is 12.8. The van der Waals surface area contributed by atoms with Gasteiger partial charge in [-0.05, 0) is 38.5 Å². The quantitative estimate of drug-likeness (QED) is 0.850. The van der Waals surface area contributed by atoms with Crippen LogP contribution in [0, 0.1) is 11.3 Å². The molecule has 0 spiro atoms. The molecule has 2 aliphatic carbocycles. The second kappa shape index (κ2) is 5.82. The van der Waals surface area contributed by atoms with E-state index in [0.717, 1.165) is 25.8 Å². The Kier molecular flexibility index (Phi) is 4.54. The van der Waals surface area contributed by atoms with E-state index in [-0.39, 0.29) is 11.5 Å². The lowest BCUT2D eigenvalue weighted by molar-refractivity contribution is -0.144. The summed E-state index contributed by atoms with van der Waals surface area (Å²) >= 11 is 0. The maximum Gasteiger partial charge on any atom is 0.230 e. The Balaban J connectivity index is 2.14. The fourth-order valence-electron chi connectivity index (χ4n) is 3.79. The number of nitrogens with two attached hydrogens (primary N) is 1. The molecule has 0 saturated heterocycles. The fraction of sp³-hybridized carbons (Fsp3) is 0.938. The van der Waals surface area contributed by atoms with Gasteiger partial charge in [-0.1, -0.05) is 33.1 Å². The van der Waals surface area contributed by atoms with Crippen LogP contribution >= 0.6 is 0 Å². The molecule has 19 heavy (non-hydrogen) atoms. The number of amides is 1. The highest BCUT2D eigenvalue weighted by atomic mass is 16.2. The van der Waals surface area contributed by atoms with Crippen LogP contribution in [0.1, 0.15) is 65.7 Å². The van der Waals surface area contributed by atoms with Gasteiger partial charge in [-0.25, -0.2) is 0 Å². The number of rotatable bonds is 4. The zero-order chi connectivity index (χ0) is 14.0. The van der Waals surface area contributed by atoms with Crippen molar-refractivity contribution >= 4 is 5.91 Å². The summed E-state index contributed by atoms with van der Waals surface area (Å²) in [7, 11) is 0. The minimum atomic E-state index is -0.308. The Morgan fingerprint density at radius 3 is 2.37 bits per heavy atom. The lowest BCUT2D eigenvalue weighted by atomic mass is 9.83. The molecule has 3 nitrogen and oxygen atoms in total. The lowest BCUT2D eigenvalue weighted by Crippen LogP contribution is -2.53. The lowest BCUT2D eigenvalue weighted by Gasteiger charge is -2.38. The van der Waals surface area contributed by atoms with Crippen LogP contribution in [0.2, 0.25) is 0 Å². The normalized spacial score (nSPS) is 32.2. The van der Waals surface area contributed by atoms with E-state index in [4.69, 9.17) is 5.73 Å². The van der Waals surface area contributed by atoms with Crippen molar-refractivity contribution in [2.75, 3.05) is 6.54 Å². The SMILES string of the molecule is CC(C)CN(C(=O)C1(C)CCCC1N)C1CCCC1. The maximum atomic E-state index is 13.0. The Morgan fingerprint density at radius 1 is 1.26 bits per heavy atom. The van der Waals surface area contributed by atoms with Crippen LogP contribution in [0.5, 0.6) is 0 Å². The van der Waals surface area contributed by atoms with Crippen LogP contribution in [0.25, 0.3) is 0 Å². The molecule has 3 heteroatoms. The number of carbonyl (C=O) groups is 1. The minimum absolute atomic E-state index is 0.0519. The third kappa shape index (κ3) is 2.96. The molecule has 110 valence electrons. The highest BCUT2D eigenvalue weighted by Crippen LogP contribution is 2.40. The van der Waals surface area contributed by atoms with Gasteiger partial charge in [0.2, 0.25) is 5.91 Å². The van der Waals surface area contributed by atoms with Crippen molar-refractivity contribution in [3.8, 4) is 0 Å². The molecule has 1 amide bonds. The summed E-state index contributed by atoms with van der Waals surface area (Å²) in [5.74, 6) is 0.865. The number of carbonyl (C=O) groups excluding carboxylic acids is 1. The first kappa shape index (κ1) is 14.8. The van der Waals surface area contributed by atoms with Crippen molar-refractivity contribution in [3.63, 3.8) is 0 Å². The first-order chi connectivity index (χ1) is 8.95. The first-order valence-corrected chi connectivity index (χ1v) is 8.02. The molecule has 2 atom stereocenters. The number of nitrogens with zero attached hydrogens (tertiary/aromatic N) is 1. The van der Waals surface area contributed by atoms with Crippen molar-refractivity contribution in [2.45, 2.75) is 77.8 Å². The van der Waals surface area contributed by atoms with E-state index in [1.165, 1.54) is 25.7 Å². The molecule has 0 aromatic carbocycles. The van der Waals surface area contributed by atoms with Crippen LogP contribution in [0.3, 0.4) is 0 Å². The van der Waals surface area contributed by atoms with Gasteiger partial charge in [0.05, 0.1) is 5.41 Å². The van der Waals surface area contributed by atoms with E-state index >= 15 is 0 Å². The zero-order valence-electron chi connectivity index (χ0n) is 12.8. The average Bonchev–Trinajstić information content (AvgIpc) is 2.97. The van der Waals surface area contributed by atoms with Gasteiger partial charge < -0.3 is 10.6 Å². The van der Waals surface area contributed by atoms with Gasteiger partial charge in [-0.2, -0.15) is 0 Å². The van der Waals surface area contributed by atoms with Gasteiger partial charge in [0, 0.05) is 18.6 Å². The van der Waals surface area contributed by atoms with E-state index in [2.05, 4.69) is 25.7 Å². The number of hydrogen-bond acceptors (Lipinski definition) is 2. The molecule has 2 unspecified atom stereocenters. The van der Waals surface area contributed by atoms with E-state index in [1.54, 1.807) is 0 Å². The Labute approximate surface area is 117 Å². The summed E-state index contributed by atoms with van der Waals surface area (Å²) in [6, 6.07) is 0.524. The molecule has 0 bridgehead atoms. The molecular weight excluding hydrogens is 236 g/mol. The predicted octanol–water partition coefficient (Wildman–Crippen LogP) is 2.93. The number of hydrogen-bond donors (Lipinski definition) is 1. The summed E-state index contributed by atoms with van der Waals surface area (Å²) in [5, 5.41) is 0. The standard InChI is InChI=1S/C16H30N2O/c1-12(2)11-18(13-7-4-5-8-13)15(19)16(3)10-6-9-14(16)17/h12-14H,4-11,17H2,1-3H3. The smallest absolute Gasteiger partial charge is 0.230 e. The molecule has 2 rings (SSSR count). The van der Waals surface area contributed by atoms with Crippen molar-refractivity contribution in [1.82, 2.24) is 4.90 Å². The molecular formula is C16H30N2O. The van der Waals surface area contributed by atoms with Crippen molar-refractivity contribution < 1.29 is 4.79 Å². The van der Waals surface area contributed by atoms with Gasteiger partial charge in [-0.3, -0.25) is 4.79 Å². The maximum absolute atomic E-state index is 13.0. The monoisotopic (exact) mass is 266 g/mol. The van der Waals surface area contributed by atoms with E-state index in [1.807, 2.05) is 0 Å². The molecule has 0 radical (unpaired) electrons. The van der Waals surface area contributed by atoms with Crippen LogP contribution in [-0.2, 0) is 4.79 Å². The van der Waals surface area contributed by atoms with E-state index in [9.17, 15) is 4.79 Å². The largest absolute Gasteiger partial charge is 0.339 e. The van der Waals surface area contributed by atoms with Crippen molar-refractivity contribution in [2.24, 2.45) is 17.1 Å². The summed E-state index contributed by atoms with van der Waals surface area (Å²) in [6.07, 6.45) is 7.98. The van der Waals surface area contributed by atoms with E-state index < -0.39 is 0 Å². The van der Waals surface area contributed by atoms with Crippen LogP contribution in [0.15, 0.2) is 0 Å². The molecule has 2 aliphatic rings. The second-order valence-electron chi connectivity index (χ2n) is 7.21. The molecule has 2 saturated carbocycles. The third-order valence-corrected chi connectivity index (χ3v) is 5.11. The van der Waals surface area contributed by atoms with Crippen molar-refractivity contribution in [1.29, 1.82) is 0 Å². The molecule has 2 fully saturated rings. The topological polar surface area (TPSA) is 46.3 Å². The third-order valence-electron chi connectivity index (χ3n) is 5.11. The molecule has 0 heterocycles. The van der Waals surface area contributed by atoms with Crippen LogP contribution < -0.4 is 5.73 Å². The first-order valence-electron chi connectivity index (χ1n) is 8.02. The van der Waals surface area contributed by atoms with Crippen LogP contribution in [0.4, 0.5) is 0 Å². The van der Waals surface area contributed by atoms with Gasteiger partial charge in [0.15, 0.2) is 0 Å². The molecule has 2 N–H and O–H groups in total. The Hall–Kier alpha value is -0.570. The second-order valence-corrected chi connectivity index (χ2v) is 7.21. The molecule has 0 aromatic rings. The summed E-state index contributed by atoms with van der Waals surface area (Å²) < 4.78 is 0. The van der Waals surface area contributed by atoms with Gasteiger partial charge in [0.1, 0.15) is 0 Å². The van der Waals surface area contributed by atoms with Crippen molar-refractivity contribution in [3.05, 3.63) is 0 Å². The van der Waals surface area contributed by atoms with Gasteiger partial charge in [-0.15, -0.1) is 0 Å². The summed E-state index contributed by atoms with van der Waals surface area (Å²) in [5.41, 5.74) is 5.93. The highest BCUT2D eigenvalue weighted by molar-refractivity contribution is 5.84. The Morgan fingerprint density at radius 2 is 1.89 bits per heavy atom. The molecule has 0 aliphatic heterocycles. The van der Waals surface area contributed by atoms with Gasteiger partial charge in [0.25, 0.3) is 0 Å².